The van der Waals surface area contributed by atoms with Gasteiger partial charge in [0.25, 0.3) is 11.8 Å². The minimum Gasteiger partial charge on any atom is -0.284 e. The molecule has 6 nitrogen and oxygen atoms in total. The molecule has 0 bridgehead atoms. The predicted molar refractivity (Wildman–Crippen MR) is 96.8 cm³/mol. The van der Waals surface area contributed by atoms with Crippen molar-refractivity contribution in [2.45, 2.75) is 6.54 Å². The van der Waals surface area contributed by atoms with Gasteiger partial charge in [0.05, 0.1) is 23.5 Å². The Balaban J connectivity index is 1.42. The standard InChI is InChI=1S/C20H18N4O2/c1-22(13-15-7-9-16(10-8-15)24-12-4-11-21-24)14-23-19(25)17-5-2-3-6-18(17)20(23)26/h2-12H,13-14H2,1H3. The van der Waals surface area contributed by atoms with Crippen molar-refractivity contribution >= 4 is 11.8 Å². The van der Waals surface area contributed by atoms with Gasteiger partial charge in [-0.05, 0) is 42.9 Å². The summed E-state index contributed by atoms with van der Waals surface area (Å²) in [6.07, 6.45) is 3.63. The van der Waals surface area contributed by atoms with Crippen LogP contribution < -0.4 is 0 Å². The van der Waals surface area contributed by atoms with E-state index < -0.39 is 0 Å². The van der Waals surface area contributed by atoms with Gasteiger partial charge >= 0.3 is 0 Å². The molecule has 0 saturated heterocycles. The zero-order valence-corrected chi connectivity index (χ0v) is 14.4. The third-order valence-electron chi connectivity index (χ3n) is 4.42. The molecule has 1 aliphatic heterocycles. The summed E-state index contributed by atoms with van der Waals surface area (Å²) in [6.45, 7) is 0.889. The number of carbonyl (C=O) groups excluding carboxylic acids is 2. The zero-order chi connectivity index (χ0) is 18.1. The Hall–Kier alpha value is -3.25. The quantitative estimate of drug-likeness (QED) is 0.666. The number of nitrogens with zero attached hydrogens (tertiary/aromatic N) is 4. The molecule has 2 aromatic carbocycles. The predicted octanol–water partition coefficient (Wildman–Crippen LogP) is 2.56. The SMILES string of the molecule is CN(Cc1ccc(-n2cccn2)cc1)CN1C(=O)c2ccccc2C1=O. The number of aromatic nitrogens is 2. The molecule has 0 radical (unpaired) electrons. The van der Waals surface area contributed by atoms with Crippen LogP contribution in [0.15, 0.2) is 67.0 Å². The first-order valence-corrected chi connectivity index (χ1v) is 8.36. The molecular weight excluding hydrogens is 328 g/mol. The first-order chi connectivity index (χ1) is 12.6. The number of amides is 2. The molecule has 0 aliphatic carbocycles. The summed E-state index contributed by atoms with van der Waals surface area (Å²) in [5.41, 5.74) is 3.05. The van der Waals surface area contributed by atoms with Gasteiger partial charge in [0.2, 0.25) is 0 Å². The van der Waals surface area contributed by atoms with Crippen LogP contribution in [0.4, 0.5) is 0 Å². The topological polar surface area (TPSA) is 58.4 Å². The smallest absolute Gasteiger partial charge is 0.262 e. The highest BCUT2D eigenvalue weighted by Crippen LogP contribution is 2.22. The molecule has 0 fully saturated rings. The van der Waals surface area contributed by atoms with Crippen molar-refractivity contribution in [1.82, 2.24) is 19.6 Å². The van der Waals surface area contributed by atoms with Crippen LogP contribution in [-0.2, 0) is 6.54 Å². The Kier molecular flexibility index (Phi) is 4.10. The van der Waals surface area contributed by atoms with Crippen LogP contribution in [0.25, 0.3) is 5.69 Å². The number of hydrogen-bond donors (Lipinski definition) is 0. The Labute approximate surface area is 151 Å². The van der Waals surface area contributed by atoms with Crippen molar-refractivity contribution in [3.63, 3.8) is 0 Å². The molecule has 0 unspecified atom stereocenters. The van der Waals surface area contributed by atoms with E-state index in [0.29, 0.717) is 17.7 Å². The highest BCUT2D eigenvalue weighted by atomic mass is 16.2. The summed E-state index contributed by atoms with van der Waals surface area (Å²) in [5, 5.41) is 4.21. The van der Waals surface area contributed by atoms with Gasteiger partial charge in [-0.25, -0.2) is 4.68 Å². The van der Waals surface area contributed by atoms with Gasteiger partial charge in [-0.2, -0.15) is 5.10 Å². The van der Waals surface area contributed by atoms with Crippen LogP contribution in [0.3, 0.4) is 0 Å². The maximum Gasteiger partial charge on any atom is 0.262 e. The molecule has 6 heteroatoms. The van der Waals surface area contributed by atoms with Crippen LogP contribution >= 0.6 is 0 Å². The molecule has 1 aromatic heterocycles. The lowest BCUT2D eigenvalue weighted by Crippen LogP contribution is -2.39. The van der Waals surface area contributed by atoms with Gasteiger partial charge in [0.1, 0.15) is 0 Å². The lowest BCUT2D eigenvalue weighted by molar-refractivity contribution is 0.0559. The van der Waals surface area contributed by atoms with Gasteiger partial charge in [-0.1, -0.05) is 24.3 Å². The Morgan fingerprint density at radius 2 is 1.58 bits per heavy atom. The van der Waals surface area contributed by atoms with Crippen LogP contribution in [0.5, 0.6) is 0 Å². The fraction of sp³-hybridized carbons (Fsp3) is 0.150. The van der Waals surface area contributed by atoms with Crippen LogP contribution in [-0.4, -0.2) is 45.1 Å². The molecule has 4 rings (SSSR count). The molecule has 0 spiro atoms. The van der Waals surface area contributed by atoms with E-state index in [4.69, 9.17) is 0 Å². The maximum atomic E-state index is 12.4. The summed E-state index contributed by atoms with van der Waals surface area (Å²) in [4.78, 5) is 28.1. The second-order valence-electron chi connectivity index (χ2n) is 6.36. The number of hydrogen-bond acceptors (Lipinski definition) is 4. The highest BCUT2D eigenvalue weighted by molar-refractivity contribution is 6.21. The van der Waals surface area contributed by atoms with Gasteiger partial charge < -0.3 is 0 Å². The number of fused-ring (bicyclic) bond motifs is 1. The number of rotatable bonds is 5. The lowest BCUT2D eigenvalue weighted by Gasteiger charge is -2.23. The average molecular weight is 346 g/mol. The Morgan fingerprint density at radius 1 is 0.923 bits per heavy atom. The van der Waals surface area contributed by atoms with E-state index >= 15 is 0 Å². The molecule has 26 heavy (non-hydrogen) atoms. The molecule has 1 aliphatic rings. The third kappa shape index (κ3) is 2.91. The molecule has 2 amide bonds. The lowest BCUT2D eigenvalue weighted by atomic mass is 10.1. The van der Waals surface area contributed by atoms with E-state index in [1.54, 1.807) is 35.1 Å². The monoisotopic (exact) mass is 346 g/mol. The molecule has 0 N–H and O–H groups in total. The van der Waals surface area contributed by atoms with E-state index in [2.05, 4.69) is 5.10 Å². The Bertz CT molecular complexity index is 913. The fourth-order valence-electron chi connectivity index (χ4n) is 3.15. The minimum atomic E-state index is -0.230. The van der Waals surface area contributed by atoms with Crippen molar-refractivity contribution < 1.29 is 9.59 Å². The molecule has 130 valence electrons. The van der Waals surface area contributed by atoms with Crippen molar-refractivity contribution in [3.05, 3.63) is 83.7 Å². The van der Waals surface area contributed by atoms with Crippen molar-refractivity contribution in [2.75, 3.05) is 13.7 Å². The fourth-order valence-corrected chi connectivity index (χ4v) is 3.15. The molecular formula is C20H18N4O2. The minimum absolute atomic E-state index is 0.230. The van der Waals surface area contributed by atoms with Crippen molar-refractivity contribution in [3.8, 4) is 5.69 Å². The maximum absolute atomic E-state index is 12.4. The van der Waals surface area contributed by atoms with Crippen molar-refractivity contribution in [1.29, 1.82) is 0 Å². The molecule has 0 atom stereocenters. The zero-order valence-electron chi connectivity index (χ0n) is 14.4. The summed E-state index contributed by atoms with van der Waals surface area (Å²) in [7, 11) is 1.89. The second kappa shape index (κ2) is 6.57. The van der Waals surface area contributed by atoms with Gasteiger partial charge in [0, 0.05) is 18.9 Å². The highest BCUT2D eigenvalue weighted by Gasteiger charge is 2.35. The van der Waals surface area contributed by atoms with Gasteiger partial charge in [-0.15, -0.1) is 0 Å². The van der Waals surface area contributed by atoms with Crippen LogP contribution in [0, 0.1) is 0 Å². The summed E-state index contributed by atoms with van der Waals surface area (Å²) < 4.78 is 1.80. The normalized spacial score (nSPS) is 13.5. The summed E-state index contributed by atoms with van der Waals surface area (Å²) in [6, 6.07) is 16.9. The molecule has 3 aromatic rings. The average Bonchev–Trinajstić information content (AvgIpc) is 3.27. The van der Waals surface area contributed by atoms with E-state index in [1.807, 2.05) is 48.5 Å². The molecule has 2 heterocycles. The summed E-state index contributed by atoms with van der Waals surface area (Å²) >= 11 is 0. The van der Waals surface area contributed by atoms with Gasteiger partial charge in [-0.3, -0.25) is 19.4 Å². The van der Waals surface area contributed by atoms with E-state index in [1.165, 1.54) is 4.90 Å². The van der Waals surface area contributed by atoms with Crippen LogP contribution in [0.2, 0.25) is 0 Å². The number of carbonyl (C=O) groups is 2. The second-order valence-corrected chi connectivity index (χ2v) is 6.36. The van der Waals surface area contributed by atoms with E-state index in [-0.39, 0.29) is 18.5 Å². The first kappa shape index (κ1) is 16.2. The van der Waals surface area contributed by atoms with Crippen LogP contribution in [0.1, 0.15) is 26.3 Å². The van der Waals surface area contributed by atoms with Crippen molar-refractivity contribution in [2.24, 2.45) is 0 Å². The van der Waals surface area contributed by atoms with Gasteiger partial charge in [0.15, 0.2) is 0 Å². The Morgan fingerprint density at radius 3 is 2.15 bits per heavy atom. The number of imide groups is 1. The first-order valence-electron chi connectivity index (χ1n) is 8.36. The summed E-state index contributed by atoms with van der Waals surface area (Å²) in [5.74, 6) is -0.460. The third-order valence-corrected chi connectivity index (χ3v) is 4.42. The molecule has 0 saturated carbocycles. The number of benzene rings is 2. The largest absolute Gasteiger partial charge is 0.284 e. The van der Waals surface area contributed by atoms with E-state index in [9.17, 15) is 9.59 Å². The van der Waals surface area contributed by atoms with E-state index in [0.717, 1.165) is 11.3 Å².